The van der Waals surface area contributed by atoms with Crippen LogP contribution in [0.25, 0.3) is 0 Å². The number of nitrogens with one attached hydrogen (secondary N) is 1. The largest absolute Gasteiger partial charge is 0.407 e. The summed E-state index contributed by atoms with van der Waals surface area (Å²) < 4.78 is 5.26. The van der Waals surface area contributed by atoms with Crippen LogP contribution in [0.2, 0.25) is 0 Å². The van der Waals surface area contributed by atoms with Crippen LogP contribution < -0.4 is 11.1 Å². The molecule has 0 saturated carbocycles. The van der Waals surface area contributed by atoms with E-state index < -0.39 is 0 Å². The van der Waals surface area contributed by atoms with E-state index in [-0.39, 0.29) is 0 Å². The van der Waals surface area contributed by atoms with Crippen LogP contribution in [-0.4, -0.2) is 27.7 Å². The lowest BCUT2D eigenvalue weighted by Crippen LogP contribution is -2.20. The summed E-state index contributed by atoms with van der Waals surface area (Å²) in [6.45, 7) is 1.20. The number of hydrogen-bond acceptors (Lipinski definition) is 6. The minimum absolute atomic E-state index is 0.298. The molecule has 0 radical (unpaired) electrons. The van der Waals surface area contributed by atoms with Crippen molar-refractivity contribution in [2.75, 3.05) is 17.6 Å². The second-order valence-electron chi connectivity index (χ2n) is 3.57. The van der Waals surface area contributed by atoms with E-state index in [0.29, 0.717) is 23.7 Å². The van der Waals surface area contributed by atoms with Crippen LogP contribution in [0.3, 0.4) is 0 Å². The molecule has 1 atom stereocenters. The van der Waals surface area contributed by atoms with E-state index in [1.807, 2.05) is 11.8 Å². The standard InChI is InChI=1S/C9H16N4OS/c10-5-8-12-13-9(14-8)11-6-7-3-1-2-4-15-7/h7H,1-6,10H2,(H,11,13). The van der Waals surface area contributed by atoms with Gasteiger partial charge in [-0.2, -0.15) is 11.8 Å². The van der Waals surface area contributed by atoms with E-state index in [1.165, 1.54) is 25.0 Å². The number of thioether (sulfide) groups is 1. The molecule has 0 spiro atoms. The average molecular weight is 228 g/mol. The second-order valence-corrected chi connectivity index (χ2v) is 4.98. The van der Waals surface area contributed by atoms with Crippen molar-refractivity contribution < 1.29 is 4.42 Å². The number of nitrogens with two attached hydrogens (primary N) is 1. The number of rotatable bonds is 4. The highest BCUT2D eigenvalue weighted by molar-refractivity contribution is 7.99. The van der Waals surface area contributed by atoms with Gasteiger partial charge in [-0.3, -0.25) is 0 Å². The quantitative estimate of drug-likeness (QED) is 0.807. The SMILES string of the molecule is NCc1nnc(NCC2CCCCS2)o1. The summed E-state index contributed by atoms with van der Waals surface area (Å²) in [5, 5.41) is 11.5. The first-order valence-corrected chi connectivity index (χ1v) is 6.31. The third kappa shape index (κ3) is 3.10. The van der Waals surface area contributed by atoms with Gasteiger partial charge in [0.1, 0.15) is 0 Å². The van der Waals surface area contributed by atoms with E-state index in [4.69, 9.17) is 10.2 Å². The van der Waals surface area contributed by atoms with E-state index in [9.17, 15) is 0 Å². The Kier molecular flexibility index (Phi) is 3.85. The molecule has 1 aromatic rings. The number of anilines is 1. The van der Waals surface area contributed by atoms with Crippen molar-refractivity contribution in [3.05, 3.63) is 5.89 Å². The minimum Gasteiger partial charge on any atom is -0.407 e. The number of hydrogen-bond donors (Lipinski definition) is 2. The molecule has 15 heavy (non-hydrogen) atoms. The summed E-state index contributed by atoms with van der Waals surface area (Å²) in [4.78, 5) is 0. The molecular formula is C9H16N4OS. The van der Waals surface area contributed by atoms with Crippen LogP contribution in [-0.2, 0) is 6.54 Å². The van der Waals surface area contributed by atoms with Crippen molar-refractivity contribution >= 4 is 17.8 Å². The zero-order chi connectivity index (χ0) is 10.5. The monoisotopic (exact) mass is 228 g/mol. The Morgan fingerprint density at radius 1 is 1.47 bits per heavy atom. The van der Waals surface area contributed by atoms with Crippen molar-refractivity contribution in [2.24, 2.45) is 5.73 Å². The van der Waals surface area contributed by atoms with Gasteiger partial charge in [0.2, 0.25) is 5.89 Å². The third-order valence-electron chi connectivity index (χ3n) is 2.40. The van der Waals surface area contributed by atoms with Crippen LogP contribution in [0, 0.1) is 0 Å². The molecule has 5 nitrogen and oxygen atoms in total. The molecule has 1 aromatic heterocycles. The predicted octanol–water partition coefficient (Wildman–Crippen LogP) is 1.23. The second kappa shape index (κ2) is 5.37. The smallest absolute Gasteiger partial charge is 0.315 e. The van der Waals surface area contributed by atoms with Gasteiger partial charge >= 0.3 is 6.01 Å². The van der Waals surface area contributed by atoms with Crippen LogP contribution in [0.5, 0.6) is 0 Å². The van der Waals surface area contributed by atoms with Gasteiger partial charge in [0.15, 0.2) is 0 Å². The Balaban J connectivity index is 1.76. The highest BCUT2D eigenvalue weighted by Gasteiger charge is 2.14. The summed E-state index contributed by atoms with van der Waals surface area (Å²) in [7, 11) is 0. The maximum absolute atomic E-state index is 5.37. The molecule has 1 aliphatic heterocycles. The molecule has 1 saturated heterocycles. The Labute approximate surface area is 93.2 Å². The van der Waals surface area contributed by atoms with Gasteiger partial charge in [-0.1, -0.05) is 11.5 Å². The van der Waals surface area contributed by atoms with Gasteiger partial charge in [-0.25, -0.2) is 0 Å². The molecule has 0 bridgehead atoms. The Morgan fingerprint density at radius 2 is 2.40 bits per heavy atom. The van der Waals surface area contributed by atoms with E-state index in [0.717, 1.165) is 6.54 Å². The Bertz CT molecular complexity index is 298. The first kappa shape index (κ1) is 10.8. The lowest BCUT2D eigenvalue weighted by Gasteiger charge is -2.20. The molecule has 0 amide bonds. The fourth-order valence-electron chi connectivity index (χ4n) is 1.58. The summed E-state index contributed by atoms with van der Waals surface area (Å²) >= 11 is 2.02. The average Bonchev–Trinajstić information content (AvgIpc) is 2.76. The fraction of sp³-hybridized carbons (Fsp3) is 0.778. The highest BCUT2D eigenvalue weighted by atomic mass is 32.2. The van der Waals surface area contributed by atoms with Crippen molar-refractivity contribution in [1.29, 1.82) is 0 Å². The van der Waals surface area contributed by atoms with E-state index in [1.54, 1.807) is 0 Å². The van der Waals surface area contributed by atoms with Crippen LogP contribution in [0.15, 0.2) is 4.42 Å². The normalized spacial score (nSPS) is 21.5. The summed E-state index contributed by atoms with van der Waals surface area (Å²) in [6, 6.07) is 0.488. The Hall–Kier alpha value is -0.750. The number of aromatic nitrogens is 2. The van der Waals surface area contributed by atoms with Crippen LogP contribution in [0.4, 0.5) is 6.01 Å². The Morgan fingerprint density at radius 3 is 3.07 bits per heavy atom. The molecule has 0 aromatic carbocycles. The summed E-state index contributed by atoms with van der Waals surface area (Å²) in [5.41, 5.74) is 5.37. The van der Waals surface area contributed by atoms with Crippen molar-refractivity contribution in [3.63, 3.8) is 0 Å². The summed E-state index contributed by atoms with van der Waals surface area (Å²) in [6.07, 6.45) is 3.95. The highest BCUT2D eigenvalue weighted by Crippen LogP contribution is 2.25. The molecule has 1 aliphatic rings. The van der Waals surface area contributed by atoms with Crippen LogP contribution >= 0.6 is 11.8 Å². The predicted molar refractivity (Wildman–Crippen MR) is 60.8 cm³/mol. The molecule has 2 rings (SSSR count). The van der Waals surface area contributed by atoms with Gasteiger partial charge in [0.05, 0.1) is 6.54 Å². The molecule has 1 unspecified atom stereocenters. The molecule has 0 aliphatic carbocycles. The molecule has 2 heterocycles. The van der Waals surface area contributed by atoms with E-state index >= 15 is 0 Å². The van der Waals surface area contributed by atoms with Gasteiger partial charge in [0.25, 0.3) is 0 Å². The summed E-state index contributed by atoms with van der Waals surface area (Å²) in [5.74, 6) is 1.75. The molecule has 6 heteroatoms. The molecule has 84 valence electrons. The van der Waals surface area contributed by atoms with Crippen molar-refractivity contribution in [2.45, 2.75) is 31.1 Å². The zero-order valence-electron chi connectivity index (χ0n) is 8.61. The lowest BCUT2D eigenvalue weighted by atomic mass is 10.2. The lowest BCUT2D eigenvalue weighted by molar-refractivity contribution is 0.506. The zero-order valence-corrected chi connectivity index (χ0v) is 9.42. The fourth-order valence-corrected chi connectivity index (χ4v) is 2.82. The molecule has 3 N–H and O–H groups in total. The van der Waals surface area contributed by atoms with Gasteiger partial charge in [-0.05, 0) is 18.6 Å². The van der Waals surface area contributed by atoms with Crippen LogP contribution in [0.1, 0.15) is 25.2 Å². The van der Waals surface area contributed by atoms with Gasteiger partial charge < -0.3 is 15.5 Å². The first-order chi connectivity index (χ1) is 7.38. The van der Waals surface area contributed by atoms with Crippen molar-refractivity contribution in [3.8, 4) is 0 Å². The topological polar surface area (TPSA) is 77.0 Å². The first-order valence-electron chi connectivity index (χ1n) is 5.26. The van der Waals surface area contributed by atoms with Crippen molar-refractivity contribution in [1.82, 2.24) is 10.2 Å². The van der Waals surface area contributed by atoms with E-state index in [2.05, 4.69) is 15.5 Å². The van der Waals surface area contributed by atoms with Gasteiger partial charge in [0, 0.05) is 11.8 Å². The maximum atomic E-state index is 5.37. The van der Waals surface area contributed by atoms with Gasteiger partial charge in [-0.15, -0.1) is 5.10 Å². The molecular weight excluding hydrogens is 212 g/mol. The molecule has 1 fully saturated rings. The number of nitrogens with zero attached hydrogens (tertiary/aromatic N) is 2. The maximum Gasteiger partial charge on any atom is 0.315 e. The minimum atomic E-state index is 0.298. The third-order valence-corrected chi connectivity index (χ3v) is 3.79.